The Hall–Kier alpha value is -1.88. The van der Waals surface area contributed by atoms with Crippen LogP contribution in [0.1, 0.15) is 18.4 Å². The number of hydrogen-bond donors (Lipinski definition) is 1. The van der Waals surface area contributed by atoms with Gasteiger partial charge >= 0.3 is 11.8 Å². The first-order chi connectivity index (χ1) is 10.2. The van der Waals surface area contributed by atoms with Gasteiger partial charge in [-0.05, 0) is 24.9 Å². The number of likely N-dealkylation sites (tertiary alicyclic amines) is 1. The molecule has 0 bridgehead atoms. The van der Waals surface area contributed by atoms with Crippen LogP contribution in [0.2, 0.25) is 0 Å². The van der Waals surface area contributed by atoms with Crippen molar-refractivity contribution < 1.29 is 9.59 Å². The molecule has 0 spiro atoms. The zero-order chi connectivity index (χ0) is 14.7. The van der Waals surface area contributed by atoms with Crippen molar-refractivity contribution in [1.82, 2.24) is 15.1 Å². The molecule has 2 amide bonds. The number of nitrogens with zero attached hydrogens (tertiary/aromatic N) is 2. The second-order valence-corrected chi connectivity index (χ2v) is 5.77. The maximum absolute atomic E-state index is 12.0. The van der Waals surface area contributed by atoms with E-state index in [1.54, 1.807) is 4.90 Å². The average Bonchev–Trinajstić information content (AvgIpc) is 2.51. The van der Waals surface area contributed by atoms with Crippen LogP contribution in [-0.4, -0.2) is 53.8 Å². The van der Waals surface area contributed by atoms with E-state index in [-0.39, 0.29) is 11.9 Å². The van der Waals surface area contributed by atoms with Gasteiger partial charge in [0.2, 0.25) is 0 Å². The molecule has 0 saturated carbocycles. The van der Waals surface area contributed by atoms with Crippen LogP contribution >= 0.6 is 0 Å². The lowest BCUT2D eigenvalue weighted by Gasteiger charge is -2.40. The van der Waals surface area contributed by atoms with E-state index in [0.29, 0.717) is 13.1 Å². The number of hydrogen-bond acceptors (Lipinski definition) is 3. The smallest absolute Gasteiger partial charge is 0.312 e. The van der Waals surface area contributed by atoms with E-state index in [0.717, 1.165) is 32.5 Å². The molecule has 21 heavy (non-hydrogen) atoms. The third kappa shape index (κ3) is 3.24. The predicted molar refractivity (Wildman–Crippen MR) is 79.5 cm³/mol. The lowest BCUT2D eigenvalue weighted by atomic mass is 10.0. The molecule has 2 aliphatic rings. The van der Waals surface area contributed by atoms with Crippen LogP contribution in [0.4, 0.5) is 0 Å². The van der Waals surface area contributed by atoms with Crippen molar-refractivity contribution >= 4 is 11.8 Å². The summed E-state index contributed by atoms with van der Waals surface area (Å²) in [4.78, 5) is 27.6. The Balaban J connectivity index is 1.63. The van der Waals surface area contributed by atoms with Crippen LogP contribution in [0.15, 0.2) is 30.3 Å². The van der Waals surface area contributed by atoms with E-state index in [1.165, 1.54) is 5.56 Å². The molecular formula is C16H21N3O2. The van der Waals surface area contributed by atoms with E-state index in [2.05, 4.69) is 34.5 Å². The average molecular weight is 287 g/mol. The van der Waals surface area contributed by atoms with E-state index < -0.39 is 5.91 Å². The summed E-state index contributed by atoms with van der Waals surface area (Å²) in [5.74, 6) is -0.825. The monoisotopic (exact) mass is 287 g/mol. The van der Waals surface area contributed by atoms with Crippen LogP contribution < -0.4 is 5.32 Å². The minimum absolute atomic E-state index is 0.168. The van der Waals surface area contributed by atoms with Crippen molar-refractivity contribution in [2.24, 2.45) is 0 Å². The zero-order valence-electron chi connectivity index (χ0n) is 12.1. The number of carbonyl (C=O) groups excluding carboxylic acids is 2. The Labute approximate surface area is 124 Å². The number of nitrogens with one attached hydrogen (secondary N) is 1. The summed E-state index contributed by atoms with van der Waals surface area (Å²) in [6.45, 7) is 4.02. The second-order valence-electron chi connectivity index (χ2n) is 5.77. The summed E-state index contributed by atoms with van der Waals surface area (Å²) < 4.78 is 0. The van der Waals surface area contributed by atoms with Gasteiger partial charge < -0.3 is 10.2 Å². The number of piperidine rings is 1. The summed E-state index contributed by atoms with van der Waals surface area (Å²) in [7, 11) is 0. The van der Waals surface area contributed by atoms with Crippen molar-refractivity contribution in [2.45, 2.75) is 25.4 Å². The van der Waals surface area contributed by atoms with Crippen molar-refractivity contribution in [2.75, 3.05) is 26.2 Å². The number of amides is 2. The van der Waals surface area contributed by atoms with Crippen LogP contribution in [0.5, 0.6) is 0 Å². The summed E-state index contributed by atoms with van der Waals surface area (Å²) in [5.41, 5.74) is 1.29. The fourth-order valence-corrected chi connectivity index (χ4v) is 3.22. The summed E-state index contributed by atoms with van der Waals surface area (Å²) in [6, 6.07) is 10.5. The molecule has 2 aliphatic heterocycles. The Morgan fingerprint density at radius 2 is 1.95 bits per heavy atom. The molecule has 2 heterocycles. The Kier molecular flexibility index (Phi) is 4.20. The highest BCUT2D eigenvalue weighted by Crippen LogP contribution is 2.19. The molecule has 5 nitrogen and oxygen atoms in total. The van der Waals surface area contributed by atoms with Gasteiger partial charge in [-0.2, -0.15) is 0 Å². The highest BCUT2D eigenvalue weighted by molar-refractivity contribution is 6.35. The molecule has 5 heteroatoms. The van der Waals surface area contributed by atoms with Crippen LogP contribution in [0, 0.1) is 0 Å². The maximum Gasteiger partial charge on any atom is 0.312 e. The number of rotatable bonds is 3. The van der Waals surface area contributed by atoms with Crippen molar-refractivity contribution in [3.8, 4) is 0 Å². The predicted octanol–water partition coefficient (Wildman–Crippen LogP) is 0.609. The highest BCUT2D eigenvalue weighted by atomic mass is 16.2. The van der Waals surface area contributed by atoms with Gasteiger partial charge in [0.25, 0.3) is 0 Å². The maximum atomic E-state index is 12.0. The standard InChI is InChI=1S/C16H21N3O2/c20-15-16(21)19(10-8-17-15)14-7-4-9-18(12-14)11-13-5-2-1-3-6-13/h1-3,5-6,14H,4,7-12H2,(H,17,20)/t14-/m0/s1. The van der Waals surface area contributed by atoms with Gasteiger partial charge in [0, 0.05) is 32.2 Å². The molecule has 2 fully saturated rings. The van der Waals surface area contributed by atoms with Gasteiger partial charge in [-0.3, -0.25) is 14.5 Å². The van der Waals surface area contributed by atoms with E-state index >= 15 is 0 Å². The molecule has 1 N–H and O–H groups in total. The third-order valence-corrected chi connectivity index (χ3v) is 4.26. The Bertz CT molecular complexity index is 518. The molecule has 3 rings (SSSR count). The van der Waals surface area contributed by atoms with E-state index in [9.17, 15) is 9.59 Å². The van der Waals surface area contributed by atoms with Crippen LogP contribution in [0.25, 0.3) is 0 Å². The fraction of sp³-hybridized carbons (Fsp3) is 0.500. The second kappa shape index (κ2) is 6.26. The summed E-state index contributed by atoms with van der Waals surface area (Å²) in [6.07, 6.45) is 2.06. The normalized spacial score (nSPS) is 24.0. The minimum atomic E-state index is -0.457. The third-order valence-electron chi connectivity index (χ3n) is 4.26. The van der Waals surface area contributed by atoms with Gasteiger partial charge in [0.05, 0.1) is 0 Å². The molecule has 1 aromatic rings. The highest BCUT2D eigenvalue weighted by Gasteiger charge is 2.33. The quantitative estimate of drug-likeness (QED) is 0.829. The number of carbonyl (C=O) groups is 2. The lowest BCUT2D eigenvalue weighted by Crippen LogP contribution is -2.59. The molecule has 0 unspecified atom stereocenters. The van der Waals surface area contributed by atoms with Crippen molar-refractivity contribution in [3.05, 3.63) is 35.9 Å². The van der Waals surface area contributed by atoms with Gasteiger partial charge in [0.15, 0.2) is 0 Å². The van der Waals surface area contributed by atoms with E-state index in [4.69, 9.17) is 0 Å². The molecule has 0 aromatic heterocycles. The lowest BCUT2D eigenvalue weighted by molar-refractivity contribution is -0.150. The summed E-state index contributed by atoms with van der Waals surface area (Å²) >= 11 is 0. The molecular weight excluding hydrogens is 266 g/mol. The molecule has 1 atom stereocenters. The number of benzene rings is 1. The largest absolute Gasteiger partial charge is 0.346 e. The van der Waals surface area contributed by atoms with Gasteiger partial charge in [-0.1, -0.05) is 30.3 Å². The summed E-state index contributed by atoms with van der Waals surface area (Å²) in [5, 5.41) is 2.61. The minimum Gasteiger partial charge on any atom is -0.346 e. The van der Waals surface area contributed by atoms with Crippen LogP contribution in [0.3, 0.4) is 0 Å². The van der Waals surface area contributed by atoms with Gasteiger partial charge in [-0.25, -0.2) is 0 Å². The molecule has 0 aliphatic carbocycles. The molecule has 112 valence electrons. The van der Waals surface area contributed by atoms with E-state index in [1.807, 2.05) is 6.07 Å². The first-order valence-corrected chi connectivity index (χ1v) is 7.59. The van der Waals surface area contributed by atoms with Crippen LogP contribution in [-0.2, 0) is 16.1 Å². The molecule has 0 radical (unpaired) electrons. The van der Waals surface area contributed by atoms with Crippen molar-refractivity contribution in [1.29, 1.82) is 0 Å². The Morgan fingerprint density at radius 3 is 2.76 bits per heavy atom. The van der Waals surface area contributed by atoms with Gasteiger partial charge in [0.1, 0.15) is 0 Å². The molecule has 1 aromatic carbocycles. The zero-order valence-corrected chi connectivity index (χ0v) is 12.1. The molecule has 2 saturated heterocycles. The first-order valence-electron chi connectivity index (χ1n) is 7.59. The fourth-order valence-electron chi connectivity index (χ4n) is 3.22. The number of piperazine rings is 1. The SMILES string of the molecule is O=C1NCCN([C@H]2CCCN(Cc3ccccc3)C2)C1=O. The first kappa shape index (κ1) is 14.1. The Morgan fingerprint density at radius 1 is 1.14 bits per heavy atom. The topological polar surface area (TPSA) is 52.7 Å². The van der Waals surface area contributed by atoms with Gasteiger partial charge in [-0.15, -0.1) is 0 Å². The van der Waals surface area contributed by atoms with Crippen molar-refractivity contribution in [3.63, 3.8) is 0 Å².